The number of aryl methyl sites for hydroxylation is 1. The Hall–Kier alpha value is -3.77. The lowest BCUT2D eigenvalue weighted by atomic mass is 10.1. The second-order valence-electron chi connectivity index (χ2n) is 7.25. The molecule has 0 aliphatic carbocycles. The normalized spacial score (nSPS) is 15.2. The Morgan fingerprint density at radius 2 is 2.23 bits per heavy atom. The fraction of sp³-hybridized carbons (Fsp3) is 0.238. The van der Waals surface area contributed by atoms with Crippen molar-refractivity contribution in [3.63, 3.8) is 0 Å². The summed E-state index contributed by atoms with van der Waals surface area (Å²) in [6.45, 7) is 2.44. The van der Waals surface area contributed by atoms with E-state index in [1.807, 2.05) is 13.0 Å². The molecule has 158 valence electrons. The number of nitrogens with one attached hydrogen (secondary N) is 2. The van der Waals surface area contributed by atoms with Gasteiger partial charge in [0, 0.05) is 30.6 Å². The molecule has 9 nitrogen and oxygen atoms in total. The SMILES string of the molecule is CC1CCOc2c(c3cc(Nc4cc(C(=O)O)nc(Cl)c4C#N)ccc3n(C)c2=O)N1. The monoisotopic (exact) mass is 439 g/mol. The maximum Gasteiger partial charge on any atom is 0.354 e. The van der Waals surface area contributed by atoms with Crippen molar-refractivity contribution >= 4 is 45.5 Å². The van der Waals surface area contributed by atoms with E-state index in [1.165, 1.54) is 10.6 Å². The van der Waals surface area contributed by atoms with Gasteiger partial charge in [-0.1, -0.05) is 11.6 Å². The lowest BCUT2D eigenvalue weighted by Crippen LogP contribution is -2.21. The number of carboxylic acids is 1. The van der Waals surface area contributed by atoms with Gasteiger partial charge in [-0.3, -0.25) is 4.79 Å². The van der Waals surface area contributed by atoms with Crippen molar-refractivity contribution in [2.45, 2.75) is 19.4 Å². The summed E-state index contributed by atoms with van der Waals surface area (Å²) >= 11 is 6.01. The molecule has 1 unspecified atom stereocenters. The lowest BCUT2D eigenvalue weighted by Gasteiger charge is -2.17. The topological polar surface area (TPSA) is 129 Å². The van der Waals surface area contributed by atoms with E-state index < -0.39 is 5.97 Å². The summed E-state index contributed by atoms with van der Waals surface area (Å²) in [4.78, 5) is 27.8. The van der Waals surface area contributed by atoms with Crippen molar-refractivity contribution in [1.82, 2.24) is 9.55 Å². The van der Waals surface area contributed by atoms with Gasteiger partial charge >= 0.3 is 5.97 Å². The maximum atomic E-state index is 12.8. The molecule has 4 rings (SSSR count). The highest BCUT2D eigenvalue weighted by atomic mass is 35.5. The number of aromatic carboxylic acids is 1. The fourth-order valence-electron chi connectivity index (χ4n) is 3.51. The van der Waals surface area contributed by atoms with Crippen LogP contribution in [0.15, 0.2) is 29.1 Å². The van der Waals surface area contributed by atoms with Crippen LogP contribution in [-0.4, -0.2) is 33.3 Å². The molecule has 0 radical (unpaired) electrons. The van der Waals surface area contributed by atoms with Gasteiger partial charge in [-0.2, -0.15) is 5.26 Å². The average molecular weight is 440 g/mol. The van der Waals surface area contributed by atoms with E-state index in [9.17, 15) is 20.0 Å². The number of carboxylic acid groups (broad SMARTS) is 1. The zero-order valence-electron chi connectivity index (χ0n) is 16.7. The molecule has 0 saturated carbocycles. The first-order valence-corrected chi connectivity index (χ1v) is 9.85. The minimum Gasteiger partial charge on any atom is -0.486 e. The molecule has 3 heterocycles. The molecule has 0 saturated heterocycles. The van der Waals surface area contributed by atoms with Crippen LogP contribution in [0.5, 0.6) is 5.75 Å². The number of hydrogen-bond acceptors (Lipinski definition) is 7. The Balaban J connectivity index is 1.88. The Morgan fingerprint density at radius 3 is 2.94 bits per heavy atom. The van der Waals surface area contributed by atoms with Crippen LogP contribution >= 0.6 is 11.6 Å². The highest BCUT2D eigenvalue weighted by Gasteiger charge is 2.22. The number of hydrogen-bond donors (Lipinski definition) is 3. The van der Waals surface area contributed by atoms with E-state index in [-0.39, 0.29) is 39.4 Å². The molecule has 10 heteroatoms. The summed E-state index contributed by atoms with van der Waals surface area (Å²) in [5.74, 6) is -1.00. The summed E-state index contributed by atoms with van der Waals surface area (Å²) in [5.41, 5.74) is 1.59. The van der Waals surface area contributed by atoms with E-state index in [1.54, 1.807) is 25.2 Å². The van der Waals surface area contributed by atoms with E-state index in [2.05, 4.69) is 15.6 Å². The summed E-state index contributed by atoms with van der Waals surface area (Å²) in [5, 5.41) is 25.6. The molecule has 2 aromatic heterocycles. The van der Waals surface area contributed by atoms with Gasteiger partial charge in [-0.15, -0.1) is 0 Å². The summed E-state index contributed by atoms with van der Waals surface area (Å²) in [6.07, 6.45) is 0.746. The largest absolute Gasteiger partial charge is 0.486 e. The number of benzene rings is 1. The first kappa shape index (κ1) is 20.5. The molecule has 0 bridgehead atoms. The smallest absolute Gasteiger partial charge is 0.354 e. The van der Waals surface area contributed by atoms with Crippen molar-refractivity contribution in [1.29, 1.82) is 5.26 Å². The van der Waals surface area contributed by atoms with Crippen LogP contribution in [0.2, 0.25) is 5.15 Å². The highest BCUT2D eigenvalue weighted by molar-refractivity contribution is 6.31. The van der Waals surface area contributed by atoms with E-state index in [4.69, 9.17) is 16.3 Å². The minimum atomic E-state index is -1.26. The quantitative estimate of drug-likeness (QED) is 0.529. The fourth-order valence-corrected chi connectivity index (χ4v) is 3.75. The number of halogens is 1. The van der Waals surface area contributed by atoms with Crippen molar-refractivity contribution in [3.8, 4) is 11.8 Å². The standard InChI is InChI=1S/C21H18ClN5O4/c1-10-5-6-31-18-17(24-10)12-7-11(3-4-16(12)27(2)20(18)28)25-14-8-15(21(29)30)26-19(22)13(14)9-23/h3-4,7-8,10,24H,5-6H2,1-2H3,(H,25,26)(H,29,30). The molecule has 3 N–H and O–H groups in total. The molecule has 1 aliphatic heterocycles. The number of ether oxygens (including phenoxy) is 1. The molecule has 0 spiro atoms. The third-order valence-corrected chi connectivity index (χ3v) is 5.40. The number of pyridine rings is 2. The van der Waals surface area contributed by atoms with Gasteiger partial charge in [0.25, 0.3) is 5.56 Å². The van der Waals surface area contributed by atoms with E-state index in [0.717, 1.165) is 11.8 Å². The number of fused-ring (bicyclic) bond motifs is 3. The van der Waals surface area contributed by atoms with Crippen LogP contribution in [0.3, 0.4) is 0 Å². The van der Waals surface area contributed by atoms with Gasteiger partial charge in [0.15, 0.2) is 5.69 Å². The maximum absolute atomic E-state index is 12.8. The minimum absolute atomic E-state index is 0.0288. The number of anilines is 3. The molecular weight excluding hydrogens is 422 g/mol. The second kappa shape index (κ2) is 7.81. The molecule has 1 aliphatic rings. The first-order valence-electron chi connectivity index (χ1n) is 9.47. The Bertz CT molecular complexity index is 1330. The number of carbonyl (C=O) groups is 1. The van der Waals surface area contributed by atoms with Gasteiger partial charge in [-0.25, -0.2) is 9.78 Å². The van der Waals surface area contributed by atoms with Crippen LogP contribution in [0.4, 0.5) is 17.1 Å². The number of nitriles is 1. The van der Waals surface area contributed by atoms with Crippen LogP contribution in [0.25, 0.3) is 10.9 Å². The summed E-state index contributed by atoms with van der Waals surface area (Å²) in [7, 11) is 1.67. The molecule has 3 aromatic rings. The molecular formula is C21H18ClN5O4. The molecule has 31 heavy (non-hydrogen) atoms. The average Bonchev–Trinajstić information content (AvgIpc) is 2.93. The van der Waals surface area contributed by atoms with Crippen molar-refractivity contribution < 1.29 is 14.6 Å². The Labute approximate surface area is 181 Å². The highest BCUT2D eigenvalue weighted by Crippen LogP contribution is 2.35. The van der Waals surface area contributed by atoms with Crippen LogP contribution in [-0.2, 0) is 7.05 Å². The number of aromatic nitrogens is 2. The third-order valence-electron chi connectivity index (χ3n) is 5.13. The second-order valence-corrected chi connectivity index (χ2v) is 7.60. The molecule has 0 amide bonds. The molecule has 0 fully saturated rings. The lowest BCUT2D eigenvalue weighted by molar-refractivity contribution is 0.0690. The van der Waals surface area contributed by atoms with E-state index >= 15 is 0 Å². The summed E-state index contributed by atoms with van der Waals surface area (Å²) in [6, 6.07) is 8.60. The molecule has 1 atom stereocenters. The van der Waals surface area contributed by atoms with Crippen LogP contribution in [0.1, 0.15) is 29.4 Å². The van der Waals surface area contributed by atoms with Crippen molar-refractivity contribution in [2.75, 3.05) is 17.2 Å². The predicted octanol–water partition coefficient (Wildman–Crippen LogP) is 3.48. The van der Waals surface area contributed by atoms with Crippen molar-refractivity contribution in [3.05, 3.63) is 51.0 Å². The zero-order valence-corrected chi connectivity index (χ0v) is 17.4. The Kier molecular flexibility index (Phi) is 5.17. The zero-order chi connectivity index (χ0) is 22.3. The first-order chi connectivity index (χ1) is 14.8. The predicted molar refractivity (Wildman–Crippen MR) is 117 cm³/mol. The summed E-state index contributed by atoms with van der Waals surface area (Å²) < 4.78 is 7.26. The van der Waals surface area contributed by atoms with Gasteiger partial charge in [-0.05, 0) is 31.2 Å². The number of rotatable bonds is 3. The van der Waals surface area contributed by atoms with Crippen molar-refractivity contribution in [2.24, 2.45) is 7.05 Å². The Morgan fingerprint density at radius 1 is 1.45 bits per heavy atom. The van der Waals surface area contributed by atoms with Gasteiger partial charge in [0.2, 0.25) is 5.75 Å². The van der Waals surface area contributed by atoms with Crippen LogP contribution in [0, 0.1) is 11.3 Å². The van der Waals surface area contributed by atoms with E-state index in [0.29, 0.717) is 23.5 Å². The van der Waals surface area contributed by atoms with Gasteiger partial charge in [0.1, 0.15) is 16.8 Å². The molecule has 1 aromatic carbocycles. The van der Waals surface area contributed by atoms with Crippen LogP contribution < -0.4 is 20.9 Å². The third kappa shape index (κ3) is 3.62. The van der Waals surface area contributed by atoms with Gasteiger partial charge < -0.3 is 25.0 Å². The number of nitrogens with zero attached hydrogens (tertiary/aromatic N) is 3. The van der Waals surface area contributed by atoms with Gasteiger partial charge in [0.05, 0.1) is 23.5 Å².